The second-order valence-electron chi connectivity index (χ2n) is 4.21. The van der Waals surface area contributed by atoms with Gasteiger partial charge in [0.15, 0.2) is 5.69 Å². The number of nitrogens with zero attached hydrogens (tertiary/aromatic N) is 3. The first-order valence-electron chi connectivity index (χ1n) is 6.03. The van der Waals surface area contributed by atoms with Gasteiger partial charge < -0.3 is 5.21 Å². The average Bonchev–Trinajstić information content (AvgIpc) is 2.49. The molecular weight excluding hydrogens is 274 g/mol. The standard InChI is InChI=1S/C15H10ClN3O/c16-13-9-5-4-8-12(13)15-18-17-14(10-19(15)20)11-6-2-1-3-7-11/h1-10H. The molecule has 1 aromatic heterocycles. The van der Waals surface area contributed by atoms with Gasteiger partial charge in [-0.25, -0.2) is 4.73 Å². The van der Waals surface area contributed by atoms with Crippen molar-refractivity contribution in [3.05, 3.63) is 71.0 Å². The van der Waals surface area contributed by atoms with Crippen molar-refractivity contribution in [2.45, 2.75) is 0 Å². The highest BCUT2D eigenvalue weighted by Crippen LogP contribution is 2.23. The van der Waals surface area contributed by atoms with E-state index in [0.717, 1.165) is 5.56 Å². The zero-order valence-electron chi connectivity index (χ0n) is 10.4. The molecule has 3 aromatic rings. The van der Waals surface area contributed by atoms with Gasteiger partial charge in [0.05, 0.1) is 15.7 Å². The van der Waals surface area contributed by atoms with Crippen molar-refractivity contribution in [1.29, 1.82) is 0 Å². The first-order chi connectivity index (χ1) is 9.75. The second-order valence-corrected chi connectivity index (χ2v) is 4.62. The predicted octanol–water partition coefficient (Wildman–Crippen LogP) is 3.10. The lowest BCUT2D eigenvalue weighted by atomic mass is 10.2. The van der Waals surface area contributed by atoms with E-state index in [0.29, 0.717) is 21.0 Å². The van der Waals surface area contributed by atoms with Crippen molar-refractivity contribution in [1.82, 2.24) is 10.2 Å². The van der Waals surface area contributed by atoms with Gasteiger partial charge in [-0.1, -0.05) is 54.1 Å². The number of rotatable bonds is 2. The van der Waals surface area contributed by atoms with Crippen LogP contribution in [0.1, 0.15) is 0 Å². The number of hydrogen-bond acceptors (Lipinski definition) is 3. The van der Waals surface area contributed by atoms with Crippen molar-refractivity contribution >= 4 is 11.6 Å². The Labute approximate surface area is 120 Å². The molecule has 2 aromatic carbocycles. The molecule has 0 radical (unpaired) electrons. The molecule has 1 heterocycles. The Hall–Kier alpha value is -2.46. The first-order valence-corrected chi connectivity index (χ1v) is 6.41. The summed E-state index contributed by atoms with van der Waals surface area (Å²) in [6.07, 6.45) is 1.40. The third-order valence-electron chi connectivity index (χ3n) is 2.89. The Bertz CT molecular complexity index is 747. The lowest BCUT2D eigenvalue weighted by Gasteiger charge is -2.07. The number of hydrogen-bond donors (Lipinski definition) is 0. The Morgan fingerprint density at radius 2 is 1.60 bits per heavy atom. The molecule has 20 heavy (non-hydrogen) atoms. The Morgan fingerprint density at radius 3 is 2.30 bits per heavy atom. The summed E-state index contributed by atoms with van der Waals surface area (Å²) in [6.45, 7) is 0. The number of benzene rings is 2. The summed E-state index contributed by atoms with van der Waals surface area (Å²) in [5.74, 6) is 0.190. The van der Waals surface area contributed by atoms with E-state index in [4.69, 9.17) is 11.6 Å². The van der Waals surface area contributed by atoms with E-state index in [1.807, 2.05) is 30.3 Å². The molecule has 5 heteroatoms. The van der Waals surface area contributed by atoms with Crippen molar-refractivity contribution in [3.63, 3.8) is 0 Å². The van der Waals surface area contributed by atoms with Gasteiger partial charge in [-0.3, -0.25) is 0 Å². The molecule has 98 valence electrons. The van der Waals surface area contributed by atoms with Crippen LogP contribution in [0.3, 0.4) is 0 Å². The molecule has 0 aliphatic carbocycles. The molecule has 4 nitrogen and oxygen atoms in total. The highest BCUT2D eigenvalue weighted by atomic mass is 35.5. The maximum atomic E-state index is 12.1. The van der Waals surface area contributed by atoms with Gasteiger partial charge in [0, 0.05) is 5.56 Å². The number of halogens is 1. The van der Waals surface area contributed by atoms with Crippen LogP contribution in [-0.4, -0.2) is 10.2 Å². The number of aromatic nitrogens is 3. The van der Waals surface area contributed by atoms with E-state index < -0.39 is 0 Å². The fraction of sp³-hybridized carbons (Fsp3) is 0. The van der Waals surface area contributed by atoms with Crippen LogP contribution >= 0.6 is 11.6 Å². The summed E-state index contributed by atoms with van der Waals surface area (Å²) in [6, 6.07) is 16.5. The van der Waals surface area contributed by atoms with Gasteiger partial charge in [0.25, 0.3) is 0 Å². The normalized spacial score (nSPS) is 10.4. The largest absolute Gasteiger partial charge is 0.710 e. The molecule has 0 bridgehead atoms. The van der Waals surface area contributed by atoms with Gasteiger partial charge in [0.2, 0.25) is 0 Å². The molecule has 0 aliphatic heterocycles. The highest BCUT2D eigenvalue weighted by Gasteiger charge is 2.17. The SMILES string of the molecule is [O-][n+]1cc(-c2ccccc2)nnc1-c1ccccc1Cl. The summed E-state index contributed by atoms with van der Waals surface area (Å²) in [5, 5.41) is 20.7. The fourth-order valence-corrected chi connectivity index (χ4v) is 2.12. The van der Waals surface area contributed by atoms with Crippen LogP contribution in [0, 0.1) is 5.21 Å². The quantitative estimate of drug-likeness (QED) is 0.536. The van der Waals surface area contributed by atoms with Gasteiger partial charge in [-0.2, -0.15) is 0 Å². The Morgan fingerprint density at radius 1 is 0.900 bits per heavy atom. The smallest absolute Gasteiger partial charge is 0.362 e. The minimum absolute atomic E-state index is 0.190. The van der Waals surface area contributed by atoms with Crippen LogP contribution in [0.5, 0.6) is 0 Å². The van der Waals surface area contributed by atoms with Crippen LogP contribution in [0.15, 0.2) is 60.8 Å². The lowest BCUT2D eigenvalue weighted by molar-refractivity contribution is -0.596. The van der Waals surface area contributed by atoms with Crippen LogP contribution in [-0.2, 0) is 0 Å². The minimum atomic E-state index is 0.190. The van der Waals surface area contributed by atoms with Gasteiger partial charge in [-0.15, -0.1) is 0 Å². The average molecular weight is 284 g/mol. The van der Waals surface area contributed by atoms with Gasteiger partial charge in [-0.05, 0) is 17.2 Å². The molecular formula is C15H10ClN3O. The summed E-state index contributed by atoms with van der Waals surface area (Å²) < 4.78 is 0.691. The fourth-order valence-electron chi connectivity index (χ4n) is 1.90. The molecule has 0 atom stereocenters. The minimum Gasteiger partial charge on any atom is -0.710 e. The maximum absolute atomic E-state index is 12.1. The van der Waals surface area contributed by atoms with Crippen LogP contribution in [0.2, 0.25) is 5.02 Å². The lowest BCUT2D eigenvalue weighted by Crippen LogP contribution is -2.31. The Balaban J connectivity index is 2.07. The third kappa shape index (κ3) is 2.33. The molecule has 3 rings (SSSR count). The van der Waals surface area contributed by atoms with E-state index in [-0.39, 0.29) is 5.82 Å². The van der Waals surface area contributed by atoms with E-state index in [1.54, 1.807) is 24.3 Å². The molecule has 0 N–H and O–H groups in total. The zero-order valence-corrected chi connectivity index (χ0v) is 11.2. The summed E-state index contributed by atoms with van der Waals surface area (Å²) in [7, 11) is 0. The van der Waals surface area contributed by atoms with E-state index >= 15 is 0 Å². The van der Waals surface area contributed by atoms with Crippen LogP contribution < -0.4 is 4.73 Å². The highest BCUT2D eigenvalue weighted by molar-refractivity contribution is 6.33. The molecule has 0 fully saturated rings. The second kappa shape index (κ2) is 5.27. The summed E-state index contributed by atoms with van der Waals surface area (Å²) in [4.78, 5) is 0. The Kier molecular flexibility index (Phi) is 3.31. The van der Waals surface area contributed by atoms with Crippen LogP contribution in [0.25, 0.3) is 22.6 Å². The van der Waals surface area contributed by atoms with E-state index in [2.05, 4.69) is 10.2 Å². The van der Waals surface area contributed by atoms with E-state index in [1.165, 1.54) is 6.20 Å². The molecule has 0 spiro atoms. The molecule has 0 aliphatic rings. The maximum Gasteiger partial charge on any atom is 0.362 e. The predicted molar refractivity (Wildman–Crippen MR) is 76.9 cm³/mol. The van der Waals surface area contributed by atoms with E-state index in [9.17, 15) is 5.21 Å². The van der Waals surface area contributed by atoms with Crippen molar-refractivity contribution in [2.24, 2.45) is 0 Å². The van der Waals surface area contributed by atoms with Crippen LogP contribution in [0.4, 0.5) is 0 Å². The molecule has 0 amide bonds. The molecule has 0 saturated heterocycles. The zero-order chi connectivity index (χ0) is 13.9. The van der Waals surface area contributed by atoms with Crippen molar-refractivity contribution < 1.29 is 4.73 Å². The summed E-state index contributed by atoms with van der Waals surface area (Å²) >= 11 is 6.07. The topological polar surface area (TPSA) is 52.7 Å². The first kappa shape index (κ1) is 12.6. The third-order valence-corrected chi connectivity index (χ3v) is 3.21. The van der Waals surface area contributed by atoms with Crippen molar-refractivity contribution in [3.8, 4) is 22.6 Å². The van der Waals surface area contributed by atoms with Gasteiger partial charge in [0.1, 0.15) is 6.20 Å². The summed E-state index contributed by atoms with van der Waals surface area (Å²) in [5.41, 5.74) is 1.93. The van der Waals surface area contributed by atoms with Crippen molar-refractivity contribution in [2.75, 3.05) is 0 Å². The molecule has 0 saturated carbocycles. The van der Waals surface area contributed by atoms with Gasteiger partial charge >= 0.3 is 5.82 Å². The monoisotopic (exact) mass is 283 g/mol. The molecule has 0 unspecified atom stereocenters.